The van der Waals surface area contributed by atoms with Gasteiger partial charge in [0.1, 0.15) is 0 Å². The number of aromatic nitrogens is 3. The fourth-order valence-corrected chi connectivity index (χ4v) is 4.91. The van der Waals surface area contributed by atoms with Crippen molar-refractivity contribution in [3.63, 3.8) is 0 Å². The summed E-state index contributed by atoms with van der Waals surface area (Å²) in [7, 11) is 0. The van der Waals surface area contributed by atoms with Crippen LogP contribution in [0, 0.1) is 36.0 Å². The van der Waals surface area contributed by atoms with Gasteiger partial charge in [-0.2, -0.15) is 0 Å². The zero-order valence-electron chi connectivity index (χ0n) is 18.7. The molecule has 1 aliphatic carbocycles. The molecule has 4 rings (SSSR count). The number of fused-ring (bicyclic) bond motifs is 1. The summed E-state index contributed by atoms with van der Waals surface area (Å²) in [6.07, 6.45) is 12.5. The average Bonchev–Trinajstić information content (AvgIpc) is 3.37. The molecule has 2 N–H and O–H groups in total. The minimum absolute atomic E-state index is 0.442. The predicted octanol–water partition coefficient (Wildman–Crippen LogP) is 4.76. The molecule has 3 atom stereocenters. The lowest BCUT2D eigenvalue weighted by atomic mass is 9.70. The van der Waals surface area contributed by atoms with Crippen molar-refractivity contribution < 1.29 is 4.42 Å². The summed E-state index contributed by atoms with van der Waals surface area (Å²) in [6.45, 7) is 8.43. The molecular weight excluding hydrogens is 384 g/mol. The van der Waals surface area contributed by atoms with Crippen molar-refractivity contribution in [1.82, 2.24) is 20.5 Å². The fraction of sp³-hybridized carbons (Fsp3) is 0.462. The van der Waals surface area contributed by atoms with E-state index >= 15 is 0 Å². The molecule has 31 heavy (non-hydrogen) atoms. The Morgan fingerprint density at radius 3 is 2.87 bits per heavy atom. The van der Waals surface area contributed by atoms with Gasteiger partial charge in [0, 0.05) is 30.1 Å². The summed E-state index contributed by atoms with van der Waals surface area (Å²) in [5, 5.41) is 13.3. The Morgan fingerprint density at radius 2 is 2.06 bits per heavy atom. The maximum absolute atomic E-state index is 6.06. The van der Waals surface area contributed by atoms with Crippen molar-refractivity contribution in [2.24, 2.45) is 23.7 Å². The van der Waals surface area contributed by atoms with Crippen LogP contribution in [-0.4, -0.2) is 28.3 Å². The Bertz CT molecular complexity index is 1080. The molecule has 3 unspecified atom stereocenters. The van der Waals surface area contributed by atoms with Crippen LogP contribution in [-0.2, 0) is 12.8 Å². The van der Waals surface area contributed by atoms with Gasteiger partial charge in [0.25, 0.3) is 0 Å². The summed E-state index contributed by atoms with van der Waals surface area (Å²) >= 11 is 0. The number of nitrogens with one attached hydrogen (secondary N) is 2. The van der Waals surface area contributed by atoms with Gasteiger partial charge in [0.15, 0.2) is 0 Å². The predicted molar refractivity (Wildman–Crippen MR) is 124 cm³/mol. The maximum atomic E-state index is 6.06. The Labute approximate surface area is 184 Å². The minimum atomic E-state index is 0.442. The molecule has 2 aromatic heterocycles. The molecule has 0 radical (unpaired) electrons. The van der Waals surface area contributed by atoms with Gasteiger partial charge in [-0.15, -0.1) is 16.6 Å². The van der Waals surface area contributed by atoms with Gasteiger partial charge in [0.05, 0.1) is 13.0 Å². The lowest BCUT2D eigenvalue weighted by Gasteiger charge is -2.37. The average molecular weight is 417 g/mol. The summed E-state index contributed by atoms with van der Waals surface area (Å²) in [5.41, 5.74) is 3.73. The second-order valence-electron chi connectivity index (χ2n) is 9.08. The van der Waals surface area contributed by atoms with E-state index in [2.05, 4.69) is 71.5 Å². The largest absolute Gasteiger partial charge is 0.425 e. The molecule has 162 valence electrons. The number of para-hydroxylation sites is 1. The topological polar surface area (TPSA) is 66.7 Å². The number of terminal acetylenes is 1. The van der Waals surface area contributed by atoms with Crippen LogP contribution < -0.4 is 5.32 Å². The summed E-state index contributed by atoms with van der Waals surface area (Å²) in [4.78, 5) is 3.31. The molecular formula is C26H32N4O. The standard InChI is InChI=1S/C26H32N4O/c1-5-10-27-15-20-11-18(4)19(12-23(20)17(2)3)13-25-29-30-26(31-25)14-21-16-28-24-9-7-6-8-22(21)24/h1,6-9,11,16-17,19-20,23,27-28H,10,12-15H2,2-4H3. The van der Waals surface area contributed by atoms with Crippen molar-refractivity contribution in [3.05, 3.63) is 59.5 Å². The highest BCUT2D eigenvalue weighted by Gasteiger charge is 2.32. The van der Waals surface area contributed by atoms with Gasteiger partial charge >= 0.3 is 0 Å². The van der Waals surface area contributed by atoms with Gasteiger partial charge in [-0.25, -0.2) is 0 Å². The number of nitrogens with zero attached hydrogens (tertiary/aromatic N) is 2. The zero-order chi connectivity index (χ0) is 21.8. The van der Waals surface area contributed by atoms with Crippen LogP contribution in [0.4, 0.5) is 0 Å². The van der Waals surface area contributed by atoms with Crippen molar-refractivity contribution in [2.45, 2.75) is 40.0 Å². The molecule has 0 saturated heterocycles. The first-order valence-corrected chi connectivity index (χ1v) is 11.2. The van der Waals surface area contributed by atoms with Gasteiger partial charge in [-0.3, -0.25) is 0 Å². The first-order valence-electron chi connectivity index (χ1n) is 11.2. The van der Waals surface area contributed by atoms with Crippen molar-refractivity contribution in [3.8, 4) is 12.3 Å². The van der Waals surface area contributed by atoms with Crippen LogP contribution in [0.1, 0.15) is 44.5 Å². The first kappa shape index (κ1) is 21.4. The quantitative estimate of drug-likeness (QED) is 0.316. The van der Waals surface area contributed by atoms with Gasteiger partial charge in [0.2, 0.25) is 11.8 Å². The van der Waals surface area contributed by atoms with Crippen molar-refractivity contribution in [2.75, 3.05) is 13.1 Å². The molecule has 2 heterocycles. The number of allylic oxidation sites excluding steroid dienone is 1. The molecule has 0 bridgehead atoms. The lowest BCUT2D eigenvalue weighted by Crippen LogP contribution is -2.35. The van der Waals surface area contributed by atoms with E-state index in [1.54, 1.807) is 0 Å². The fourth-order valence-electron chi connectivity index (χ4n) is 4.91. The van der Waals surface area contributed by atoms with E-state index in [0.717, 1.165) is 30.8 Å². The summed E-state index contributed by atoms with van der Waals surface area (Å²) < 4.78 is 6.06. The second kappa shape index (κ2) is 9.53. The van der Waals surface area contributed by atoms with Crippen LogP contribution in [0.15, 0.2) is 46.5 Å². The molecule has 0 saturated carbocycles. The van der Waals surface area contributed by atoms with E-state index < -0.39 is 0 Å². The monoisotopic (exact) mass is 416 g/mol. The first-order chi connectivity index (χ1) is 15.0. The van der Waals surface area contributed by atoms with E-state index in [-0.39, 0.29) is 0 Å². The van der Waals surface area contributed by atoms with E-state index in [1.807, 2.05) is 12.3 Å². The number of hydrogen-bond acceptors (Lipinski definition) is 4. The van der Waals surface area contributed by atoms with E-state index in [4.69, 9.17) is 10.8 Å². The molecule has 5 heteroatoms. The Hall–Kier alpha value is -2.84. The summed E-state index contributed by atoms with van der Waals surface area (Å²) in [6, 6.07) is 8.29. The number of H-pyrrole nitrogens is 1. The minimum Gasteiger partial charge on any atom is -0.425 e. The molecule has 1 aliphatic rings. The van der Waals surface area contributed by atoms with Crippen LogP contribution in [0.25, 0.3) is 10.9 Å². The number of hydrogen-bond donors (Lipinski definition) is 2. The number of rotatable bonds is 8. The third-order valence-electron chi connectivity index (χ3n) is 6.64. The molecule has 0 spiro atoms. The third kappa shape index (κ3) is 4.91. The maximum Gasteiger partial charge on any atom is 0.221 e. The number of benzene rings is 1. The Kier molecular flexibility index (Phi) is 6.58. The van der Waals surface area contributed by atoms with Gasteiger partial charge in [-0.05, 0) is 48.6 Å². The molecule has 3 aromatic rings. The normalized spacial score (nSPS) is 21.4. The van der Waals surface area contributed by atoms with Crippen molar-refractivity contribution >= 4 is 10.9 Å². The van der Waals surface area contributed by atoms with Crippen molar-refractivity contribution in [1.29, 1.82) is 0 Å². The highest BCUT2D eigenvalue weighted by atomic mass is 16.4. The van der Waals surface area contributed by atoms with E-state index in [1.165, 1.54) is 16.5 Å². The van der Waals surface area contributed by atoms with Crippen LogP contribution in [0.5, 0.6) is 0 Å². The zero-order valence-corrected chi connectivity index (χ0v) is 18.7. The van der Waals surface area contributed by atoms with Crippen LogP contribution in [0.2, 0.25) is 0 Å². The van der Waals surface area contributed by atoms with E-state index in [0.29, 0.717) is 42.5 Å². The second-order valence-corrected chi connectivity index (χ2v) is 9.08. The highest BCUT2D eigenvalue weighted by Crippen LogP contribution is 2.38. The van der Waals surface area contributed by atoms with Gasteiger partial charge < -0.3 is 14.7 Å². The molecule has 0 fully saturated rings. The Balaban J connectivity index is 1.44. The van der Waals surface area contributed by atoms with Crippen LogP contribution in [0.3, 0.4) is 0 Å². The number of aromatic amines is 1. The molecule has 5 nitrogen and oxygen atoms in total. The summed E-state index contributed by atoms with van der Waals surface area (Å²) in [5.74, 6) is 6.27. The van der Waals surface area contributed by atoms with Gasteiger partial charge in [-0.1, -0.05) is 49.6 Å². The Morgan fingerprint density at radius 1 is 1.26 bits per heavy atom. The van der Waals surface area contributed by atoms with Crippen LogP contribution >= 0.6 is 0 Å². The lowest BCUT2D eigenvalue weighted by molar-refractivity contribution is 0.219. The molecule has 1 aromatic carbocycles. The smallest absolute Gasteiger partial charge is 0.221 e. The third-order valence-corrected chi connectivity index (χ3v) is 6.64. The molecule has 0 aliphatic heterocycles. The SMILES string of the molecule is C#CCNCC1C=C(C)C(Cc2nnc(Cc3c[nH]c4ccccc34)o2)CC1C(C)C. The highest BCUT2D eigenvalue weighted by molar-refractivity contribution is 5.83. The molecule has 0 amide bonds. The van der Waals surface area contributed by atoms with E-state index in [9.17, 15) is 0 Å².